The number of aryl methyl sites for hydroxylation is 1. The molecule has 134 valence electrons. The standard InChI is InChI=1S/C19H27N5O/c1-14-7-5-8-15(11-14)16-9-6-10-23(16)18(25)20-12-17-21-13-22-24(17)19(2,3)4/h5,7-8,11,13,16H,6,9-10,12H2,1-4H3,(H,20,25)/t16-/m1/s1. The molecule has 0 aliphatic carbocycles. The van der Waals surface area contributed by atoms with Crippen LogP contribution < -0.4 is 5.32 Å². The summed E-state index contributed by atoms with van der Waals surface area (Å²) in [5, 5.41) is 7.29. The molecule has 25 heavy (non-hydrogen) atoms. The van der Waals surface area contributed by atoms with E-state index in [0.29, 0.717) is 6.54 Å². The van der Waals surface area contributed by atoms with Gasteiger partial charge in [-0.25, -0.2) is 14.5 Å². The summed E-state index contributed by atoms with van der Waals surface area (Å²) in [6.07, 6.45) is 3.58. The van der Waals surface area contributed by atoms with Gasteiger partial charge in [-0.1, -0.05) is 29.8 Å². The Balaban J connectivity index is 1.68. The maximum Gasteiger partial charge on any atom is 0.318 e. The van der Waals surface area contributed by atoms with E-state index in [4.69, 9.17) is 0 Å². The molecule has 6 heteroatoms. The van der Waals surface area contributed by atoms with Crippen molar-refractivity contribution in [1.82, 2.24) is 25.0 Å². The van der Waals surface area contributed by atoms with E-state index in [0.717, 1.165) is 25.2 Å². The predicted molar refractivity (Wildman–Crippen MR) is 97.1 cm³/mol. The summed E-state index contributed by atoms with van der Waals surface area (Å²) < 4.78 is 1.86. The van der Waals surface area contributed by atoms with Crippen molar-refractivity contribution >= 4 is 6.03 Å². The second-order valence-corrected chi connectivity index (χ2v) is 7.68. The number of aromatic nitrogens is 3. The molecule has 0 spiro atoms. The normalized spacial score (nSPS) is 17.8. The number of carbonyl (C=O) groups is 1. The Morgan fingerprint density at radius 2 is 2.16 bits per heavy atom. The minimum Gasteiger partial charge on any atom is -0.331 e. The fourth-order valence-electron chi connectivity index (χ4n) is 3.44. The van der Waals surface area contributed by atoms with Crippen LogP contribution in [0.2, 0.25) is 0 Å². The van der Waals surface area contributed by atoms with Crippen molar-refractivity contribution in [2.45, 2.75) is 58.7 Å². The highest BCUT2D eigenvalue weighted by molar-refractivity contribution is 5.75. The summed E-state index contributed by atoms with van der Waals surface area (Å²) in [7, 11) is 0. The lowest BCUT2D eigenvalue weighted by Gasteiger charge is -2.26. The van der Waals surface area contributed by atoms with Crippen LogP contribution in [0.3, 0.4) is 0 Å². The van der Waals surface area contributed by atoms with Crippen LogP contribution >= 0.6 is 0 Å². The maximum atomic E-state index is 12.7. The molecule has 1 aromatic carbocycles. The molecule has 1 aliphatic heterocycles. The Labute approximate surface area is 149 Å². The average Bonchev–Trinajstić information content (AvgIpc) is 3.21. The molecular formula is C19H27N5O. The van der Waals surface area contributed by atoms with Crippen LogP contribution in [0, 0.1) is 6.92 Å². The lowest BCUT2D eigenvalue weighted by atomic mass is 10.0. The number of carbonyl (C=O) groups excluding carboxylic acids is 1. The zero-order valence-corrected chi connectivity index (χ0v) is 15.5. The van der Waals surface area contributed by atoms with Gasteiger partial charge in [-0.15, -0.1) is 0 Å². The second kappa shape index (κ2) is 6.86. The van der Waals surface area contributed by atoms with Crippen molar-refractivity contribution in [1.29, 1.82) is 0 Å². The molecule has 1 atom stereocenters. The van der Waals surface area contributed by atoms with Gasteiger partial charge in [0.25, 0.3) is 0 Å². The Morgan fingerprint density at radius 1 is 1.36 bits per heavy atom. The van der Waals surface area contributed by atoms with Crippen molar-refractivity contribution < 1.29 is 4.79 Å². The number of rotatable bonds is 3. The molecule has 3 rings (SSSR count). The van der Waals surface area contributed by atoms with Crippen molar-refractivity contribution in [3.63, 3.8) is 0 Å². The molecule has 0 unspecified atom stereocenters. The fourth-order valence-corrected chi connectivity index (χ4v) is 3.44. The number of hydrogen-bond acceptors (Lipinski definition) is 3. The highest BCUT2D eigenvalue weighted by Gasteiger charge is 2.30. The molecular weight excluding hydrogens is 314 g/mol. The SMILES string of the molecule is Cc1cccc([C@H]2CCCN2C(=O)NCc2ncnn2C(C)(C)C)c1. The molecule has 2 heterocycles. The summed E-state index contributed by atoms with van der Waals surface area (Å²) in [4.78, 5) is 19.0. The molecule has 2 aromatic rings. The fraction of sp³-hybridized carbons (Fsp3) is 0.526. The average molecular weight is 341 g/mol. The molecule has 1 aromatic heterocycles. The first-order valence-corrected chi connectivity index (χ1v) is 8.86. The van der Waals surface area contributed by atoms with Crippen LogP contribution in [0.5, 0.6) is 0 Å². The van der Waals surface area contributed by atoms with Gasteiger partial charge in [-0.2, -0.15) is 5.10 Å². The van der Waals surface area contributed by atoms with Gasteiger partial charge < -0.3 is 10.2 Å². The first-order chi connectivity index (χ1) is 11.9. The van der Waals surface area contributed by atoms with E-state index in [-0.39, 0.29) is 17.6 Å². The lowest BCUT2D eigenvalue weighted by molar-refractivity contribution is 0.191. The smallest absolute Gasteiger partial charge is 0.318 e. The van der Waals surface area contributed by atoms with Crippen LogP contribution in [-0.4, -0.2) is 32.2 Å². The van der Waals surface area contributed by atoms with E-state index in [1.165, 1.54) is 17.5 Å². The molecule has 0 saturated carbocycles. The van der Waals surface area contributed by atoms with E-state index < -0.39 is 0 Å². The van der Waals surface area contributed by atoms with Gasteiger partial charge in [0.05, 0.1) is 18.1 Å². The van der Waals surface area contributed by atoms with Crippen LogP contribution in [0.15, 0.2) is 30.6 Å². The number of nitrogens with one attached hydrogen (secondary N) is 1. The lowest BCUT2D eigenvalue weighted by Crippen LogP contribution is -2.40. The Hall–Kier alpha value is -2.37. The molecule has 1 aliphatic rings. The summed E-state index contributed by atoms with van der Waals surface area (Å²) in [6.45, 7) is 9.47. The van der Waals surface area contributed by atoms with Crippen molar-refractivity contribution in [2.75, 3.05) is 6.54 Å². The predicted octanol–water partition coefficient (Wildman–Crippen LogP) is 3.39. The topological polar surface area (TPSA) is 63.1 Å². The third-order valence-corrected chi connectivity index (χ3v) is 4.59. The van der Waals surface area contributed by atoms with Crippen LogP contribution in [-0.2, 0) is 12.1 Å². The van der Waals surface area contributed by atoms with Gasteiger partial charge in [0, 0.05) is 6.54 Å². The molecule has 2 amide bonds. The second-order valence-electron chi connectivity index (χ2n) is 7.68. The first-order valence-electron chi connectivity index (χ1n) is 8.86. The van der Waals surface area contributed by atoms with Gasteiger partial charge in [0.1, 0.15) is 12.2 Å². The van der Waals surface area contributed by atoms with E-state index >= 15 is 0 Å². The number of hydrogen-bond donors (Lipinski definition) is 1. The summed E-state index contributed by atoms with van der Waals surface area (Å²) >= 11 is 0. The Morgan fingerprint density at radius 3 is 2.88 bits per heavy atom. The Kier molecular flexibility index (Phi) is 4.79. The van der Waals surface area contributed by atoms with E-state index in [9.17, 15) is 4.79 Å². The third kappa shape index (κ3) is 3.83. The molecule has 1 saturated heterocycles. The van der Waals surface area contributed by atoms with Crippen molar-refractivity contribution in [3.8, 4) is 0 Å². The summed E-state index contributed by atoms with van der Waals surface area (Å²) in [6, 6.07) is 8.55. The number of amides is 2. The monoisotopic (exact) mass is 341 g/mol. The molecule has 6 nitrogen and oxygen atoms in total. The quantitative estimate of drug-likeness (QED) is 0.931. The minimum absolute atomic E-state index is 0.0348. The summed E-state index contributed by atoms with van der Waals surface area (Å²) in [5.41, 5.74) is 2.28. The van der Waals surface area contributed by atoms with E-state index in [1.54, 1.807) is 0 Å². The summed E-state index contributed by atoms with van der Waals surface area (Å²) in [5.74, 6) is 0.771. The van der Waals surface area contributed by atoms with Gasteiger partial charge in [0.2, 0.25) is 0 Å². The zero-order valence-electron chi connectivity index (χ0n) is 15.5. The van der Waals surface area contributed by atoms with Crippen LogP contribution in [0.25, 0.3) is 0 Å². The van der Waals surface area contributed by atoms with E-state index in [1.807, 2.05) is 9.58 Å². The van der Waals surface area contributed by atoms with E-state index in [2.05, 4.69) is 67.4 Å². The van der Waals surface area contributed by atoms with Crippen LogP contribution in [0.1, 0.15) is 56.6 Å². The number of likely N-dealkylation sites (tertiary alicyclic amines) is 1. The van der Waals surface area contributed by atoms with Gasteiger partial charge in [0.15, 0.2) is 0 Å². The number of nitrogens with zero attached hydrogens (tertiary/aromatic N) is 4. The molecule has 0 bridgehead atoms. The zero-order chi connectivity index (χ0) is 18.0. The maximum absolute atomic E-state index is 12.7. The molecule has 0 radical (unpaired) electrons. The van der Waals surface area contributed by atoms with Gasteiger partial charge in [-0.3, -0.25) is 0 Å². The van der Waals surface area contributed by atoms with Crippen molar-refractivity contribution in [2.24, 2.45) is 0 Å². The van der Waals surface area contributed by atoms with Gasteiger partial charge >= 0.3 is 6.03 Å². The highest BCUT2D eigenvalue weighted by atomic mass is 16.2. The first kappa shape index (κ1) is 17.5. The molecule has 1 N–H and O–H groups in total. The highest BCUT2D eigenvalue weighted by Crippen LogP contribution is 2.32. The third-order valence-electron chi connectivity index (χ3n) is 4.59. The number of benzene rings is 1. The largest absolute Gasteiger partial charge is 0.331 e. The van der Waals surface area contributed by atoms with Gasteiger partial charge in [-0.05, 0) is 46.1 Å². The minimum atomic E-state index is -0.158. The number of urea groups is 1. The molecule has 1 fully saturated rings. The Bertz CT molecular complexity index is 746. The van der Waals surface area contributed by atoms with Crippen LogP contribution in [0.4, 0.5) is 4.79 Å². The van der Waals surface area contributed by atoms with Crippen molar-refractivity contribution in [3.05, 3.63) is 47.5 Å².